The second kappa shape index (κ2) is 7.77. The fraction of sp³-hybridized carbons (Fsp3) is 0.789. The minimum Gasteiger partial charge on any atom is -0.446 e. The first kappa shape index (κ1) is 18.2. The lowest BCUT2D eigenvalue weighted by atomic mass is 9.71. The molecule has 6 heteroatoms. The SMILES string of the molecule is CC(C)(C)C1CCCCC1OC(=O)N1CCN(Cc2cnc[nH]2)CC1. The topological polar surface area (TPSA) is 61.5 Å². The first-order valence-electron chi connectivity index (χ1n) is 9.58. The Balaban J connectivity index is 1.48. The molecule has 1 amide bonds. The molecule has 2 aliphatic rings. The van der Waals surface area contributed by atoms with Crippen molar-refractivity contribution in [2.75, 3.05) is 26.2 Å². The number of hydrogen-bond acceptors (Lipinski definition) is 4. The number of amides is 1. The number of nitrogens with one attached hydrogen (secondary N) is 1. The molecule has 1 aromatic rings. The Hall–Kier alpha value is -1.56. The molecule has 2 fully saturated rings. The van der Waals surface area contributed by atoms with Crippen LogP contribution in [-0.2, 0) is 11.3 Å². The highest BCUT2D eigenvalue weighted by Gasteiger charge is 2.37. The number of hydrogen-bond donors (Lipinski definition) is 1. The molecule has 1 aliphatic carbocycles. The van der Waals surface area contributed by atoms with E-state index in [0.717, 1.165) is 44.8 Å². The molecule has 3 rings (SSSR count). The predicted octanol–water partition coefficient (Wildman–Crippen LogP) is 3.27. The lowest BCUT2D eigenvalue weighted by Crippen LogP contribution is -2.50. The third-order valence-electron chi connectivity index (χ3n) is 5.65. The summed E-state index contributed by atoms with van der Waals surface area (Å²) in [7, 11) is 0. The molecule has 1 saturated heterocycles. The standard InChI is InChI=1S/C19H32N4O2/c1-19(2,3)16-6-4-5-7-17(16)25-18(24)23-10-8-22(9-11-23)13-15-12-20-14-21-15/h12,14,16-17H,4-11,13H2,1-3H3,(H,20,21). The van der Waals surface area contributed by atoms with Gasteiger partial charge < -0.3 is 14.6 Å². The van der Waals surface area contributed by atoms with Crippen LogP contribution in [0.25, 0.3) is 0 Å². The molecule has 1 saturated carbocycles. The minimum absolute atomic E-state index is 0.0734. The number of carbonyl (C=O) groups excluding carboxylic acids is 1. The van der Waals surface area contributed by atoms with Gasteiger partial charge in [0.15, 0.2) is 0 Å². The van der Waals surface area contributed by atoms with E-state index >= 15 is 0 Å². The van der Waals surface area contributed by atoms with Crippen LogP contribution in [0, 0.1) is 11.3 Å². The summed E-state index contributed by atoms with van der Waals surface area (Å²) in [6.07, 6.45) is 8.11. The Bertz CT molecular complexity index is 544. The smallest absolute Gasteiger partial charge is 0.410 e. The summed E-state index contributed by atoms with van der Waals surface area (Å²) in [4.78, 5) is 24.0. The number of H-pyrrole nitrogens is 1. The van der Waals surface area contributed by atoms with Crippen LogP contribution in [0.3, 0.4) is 0 Å². The molecule has 2 atom stereocenters. The molecule has 2 unspecified atom stereocenters. The normalized spacial score (nSPS) is 25.8. The molecular formula is C19H32N4O2. The van der Waals surface area contributed by atoms with Gasteiger partial charge in [-0.05, 0) is 24.7 Å². The van der Waals surface area contributed by atoms with E-state index in [0.29, 0.717) is 5.92 Å². The number of imidazole rings is 1. The van der Waals surface area contributed by atoms with Gasteiger partial charge in [0, 0.05) is 50.5 Å². The molecule has 0 radical (unpaired) electrons. The number of nitrogens with zero attached hydrogens (tertiary/aromatic N) is 3. The van der Waals surface area contributed by atoms with Crippen LogP contribution in [0.15, 0.2) is 12.5 Å². The monoisotopic (exact) mass is 348 g/mol. The van der Waals surface area contributed by atoms with Crippen LogP contribution >= 0.6 is 0 Å². The first-order valence-corrected chi connectivity index (χ1v) is 9.58. The van der Waals surface area contributed by atoms with Crippen molar-refractivity contribution in [2.24, 2.45) is 11.3 Å². The molecule has 140 valence electrons. The second-order valence-electron chi connectivity index (χ2n) is 8.52. The van der Waals surface area contributed by atoms with Gasteiger partial charge in [0.1, 0.15) is 6.10 Å². The van der Waals surface area contributed by atoms with E-state index in [4.69, 9.17) is 4.74 Å². The van der Waals surface area contributed by atoms with Gasteiger partial charge >= 0.3 is 6.09 Å². The third-order valence-corrected chi connectivity index (χ3v) is 5.65. The molecular weight excluding hydrogens is 316 g/mol. The Labute approximate surface area is 150 Å². The lowest BCUT2D eigenvalue weighted by molar-refractivity contribution is -0.0249. The minimum atomic E-state index is -0.123. The summed E-state index contributed by atoms with van der Waals surface area (Å²) in [5.41, 5.74) is 1.31. The quantitative estimate of drug-likeness (QED) is 0.911. The van der Waals surface area contributed by atoms with E-state index in [1.165, 1.54) is 19.3 Å². The van der Waals surface area contributed by atoms with Crippen LogP contribution in [0.1, 0.15) is 52.1 Å². The van der Waals surface area contributed by atoms with Crippen molar-refractivity contribution in [2.45, 2.75) is 59.1 Å². The van der Waals surface area contributed by atoms with Gasteiger partial charge in [0.25, 0.3) is 0 Å². The highest BCUT2D eigenvalue weighted by Crippen LogP contribution is 2.39. The van der Waals surface area contributed by atoms with Crippen molar-refractivity contribution in [3.05, 3.63) is 18.2 Å². The van der Waals surface area contributed by atoms with Gasteiger partial charge in [-0.25, -0.2) is 9.78 Å². The molecule has 1 aromatic heterocycles. The van der Waals surface area contributed by atoms with Crippen LogP contribution in [0.4, 0.5) is 4.79 Å². The van der Waals surface area contributed by atoms with E-state index in [2.05, 4.69) is 35.6 Å². The summed E-state index contributed by atoms with van der Waals surface area (Å²) < 4.78 is 5.96. The number of piperazine rings is 1. The maximum atomic E-state index is 12.6. The van der Waals surface area contributed by atoms with Crippen LogP contribution < -0.4 is 0 Å². The molecule has 2 heterocycles. The van der Waals surface area contributed by atoms with Gasteiger partial charge in [0.05, 0.1) is 6.33 Å². The highest BCUT2D eigenvalue weighted by molar-refractivity contribution is 5.68. The summed E-state index contributed by atoms with van der Waals surface area (Å²) in [6, 6.07) is 0. The number of aromatic amines is 1. The zero-order valence-corrected chi connectivity index (χ0v) is 15.8. The molecule has 0 spiro atoms. The molecule has 6 nitrogen and oxygen atoms in total. The number of rotatable bonds is 3. The predicted molar refractivity (Wildman–Crippen MR) is 97.1 cm³/mol. The van der Waals surface area contributed by atoms with Crippen molar-refractivity contribution in [1.29, 1.82) is 0 Å². The first-order chi connectivity index (χ1) is 11.9. The van der Waals surface area contributed by atoms with Crippen molar-refractivity contribution in [3.63, 3.8) is 0 Å². The van der Waals surface area contributed by atoms with E-state index in [-0.39, 0.29) is 17.6 Å². The van der Waals surface area contributed by atoms with Crippen LogP contribution in [0.2, 0.25) is 0 Å². The van der Waals surface area contributed by atoms with E-state index in [1.54, 1.807) is 6.33 Å². The van der Waals surface area contributed by atoms with E-state index < -0.39 is 0 Å². The summed E-state index contributed by atoms with van der Waals surface area (Å²) in [5, 5.41) is 0. The Kier molecular flexibility index (Phi) is 5.67. The zero-order chi connectivity index (χ0) is 17.9. The van der Waals surface area contributed by atoms with E-state index in [1.807, 2.05) is 11.1 Å². The van der Waals surface area contributed by atoms with Gasteiger partial charge in [-0.1, -0.05) is 27.2 Å². The summed E-state index contributed by atoms with van der Waals surface area (Å²) >= 11 is 0. The maximum Gasteiger partial charge on any atom is 0.410 e. The summed E-state index contributed by atoms with van der Waals surface area (Å²) in [6.45, 7) is 10.9. The number of aromatic nitrogens is 2. The fourth-order valence-electron chi connectivity index (χ4n) is 4.13. The number of ether oxygens (including phenoxy) is 1. The van der Waals surface area contributed by atoms with Crippen molar-refractivity contribution >= 4 is 6.09 Å². The van der Waals surface area contributed by atoms with Crippen molar-refractivity contribution in [3.8, 4) is 0 Å². The molecule has 0 aromatic carbocycles. The third kappa shape index (κ3) is 4.75. The fourth-order valence-corrected chi connectivity index (χ4v) is 4.13. The Morgan fingerprint density at radius 1 is 1.24 bits per heavy atom. The summed E-state index contributed by atoms with van der Waals surface area (Å²) in [5.74, 6) is 0.465. The van der Waals surface area contributed by atoms with Gasteiger partial charge in [-0.15, -0.1) is 0 Å². The van der Waals surface area contributed by atoms with E-state index in [9.17, 15) is 4.79 Å². The molecule has 1 N–H and O–H groups in total. The average Bonchev–Trinajstić information content (AvgIpc) is 3.08. The maximum absolute atomic E-state index is 12.6. The molecule has 25 heavy (non-hydrogen) atoms. The lowest BCUT2D eigenvalue weighted by Gasteiger charge is -2.41. The van der Waals surface area contributed by atoms with Gasteiger partial charge in [-0.3, -0.25) is 4.90 Å². The highest BCUT2D eigenvalue weighted by atomic mass is 16.6. The number of carbonyl (C=O) groups is 1. The van der Waals surface area contributed by atoms with Crippen molar-refractivity contribution < 1.29 is 9.53 Å². The Morgan fingerprint density at radius 3 is 2.60 bits per heavy atom. The van der Waals surface area contributed by atoms with Crippen molar-refractivity contribution in [1.82, 2.24) is 19.8 Å². The second-order valence-corrected chi connectivity index (χ2v) is 8.52. The van der Waals surface area contributed by atoms with Crippen LogP contribution in [-0.4, -0.2) is 58.1 Å². The molecule has 1 aliphatic heterocycles. The van der Waals surface area contributed by atoms with Gasteiger partial charge in [0.2, 0.25) is 0 Å². The average molecular weight is 348 g/mol. The Morgan fingerprint density at radius 2 is 1.96 bits per heavy atom. The zero-order valence-electron chi connectivity index (χ0n) is 15.8. The largest absolute Gasteiger partial charge is 0.446 e. The van der Waals surface area contributed by atoms with Crippen LogP contribution in [0.5, 0.6) is 0 Å². The molecule has 0 bridgehead atoms. The van der Waals surface area contributed by atoms with Gasteiger partial charge in [-0.2, -0.15) is 0 Å².